The number of benzene rings is 4. The molecular weight excluding hydrogens is 452 g/mol. The quantitative estimate of drug-likeness (QED) is 0.273. The molecule has 37 heavy (non-hydrogen) atoms. The van der Waals surface area contributed by atoms with Crippen molar-refractivity contribution in [3.63, 3.8) is 0 Å². The van der Waals surface area contributed by atoms with E-state index in [-0.39, 0.29) is 6.04 Å². The predicted octanol–water partition coefficient (Wildman–Crippen LogP) is 8.58. The molecule has 0 spiro atoms. The molecule has 0 saturated heterocycles. The first kappa shape index (κ1) is 20.3. The van der Waals surface area contributed by atoms with E-state index in [2.05, 4.69) is 108 Å². The second-order valence-corrected chi connectivity index (χ2v) is 9.66. The molecule has 3 heteroatoms. The largest absolute Gasteiger partial charge is 0.455 e. The van der Waals surface area contributed by atoms with Gasteiger partial charge in [0.2, 0.25) is 0 Å². The number of rotatable bonds is 2. The van der Waals surface area contributed by atoms with Crippen molar-refractivity contribution in [3.8, 4) is 22.4 Å². The Labute approximate surface area is 214 Å². The van der Waals surface area contributed by atoms with Crippen molar-refractivity contribution in [2.45, 2.75) is 6.04 Å². The zero-order valence-electron chi connectivity index (χ0n) is 20.0. The zero-order chi connectivity index (χ0) is 24.3. The van der Waals surface area contributed by atoms with E-state index in [9.17, 15) is 0 Å². The van der Waals surface area contributed by atoms with E-state index in [0.717, 1.165) is 55.2 Å². The van der Waals surface area contributed by atoms with Crippen LogP contribution in [0.3, 0.4) is 0 Å². The average molecular weight is 475 g/mol. The Hall–Kier alpha value is -4.89. The smallest absolute Gasteiger partial charge is 0.143 e. The maximum atomic E-state index is 6.45. The highest BCUT2D eigenvalue weighted by Crippen LogP contribution is 2.41. The molecule has 0 radical (unpaired) electrons. The number of nitrogens with one attached hydrogen (secondary N) is 1. The van der Waals surface area contributed by atoms with Crippen molar-refractivity contribution in [1.29, 1.82) is 0 Å². The van der Waals surface area contributed by atoms with Crippen LogP contribution in [0.1, 0.15) is 17.3 Å². The standard InChI is InChI=1S/C34H22N2O/c1-2-7-21(8-3-1)24-15-17-31-28(19-24)29-20-27(25-10-4-5-11-26(25)34(29)37-31)30-16-14-23-13-12-22-9-6-18-35-32(22)33(23)36-30/h1-20,32,35H. The van der Waals surface area contributed by atoms with Gasteiger partial charge in [0.15, 0.2) is 0 Å². The first-order chi connectivity index (χ1) is 18.3. The van der Waals surface area contributed by atoms with Crippen molar-refractivity contribution in [2.75, 3.05) is 0 Å². The zero-order valence-corrected chi connectivity index (χ0v) is 20.0. The molecule has 1 aliphatic carbocycles. The lowest BCUT2D eigenvalue weighted by Gasteiger charge is -2.26. The van der Waals surface area contributed by atoms with E-state index in [0.29, 0.717) is 0 Å². The maximum Gasteiger partial charge on any atom is 0.143 e. The average Bonchev–Trinajstić information content (AvgIpc) is 3.35. The summed E-state index contributed by atoms with van der Waals surface area (Å²) in [4.78, 5) is 5.24. The number of hydrogen-bond acceptors (Lipinski definition) is 3. The molecule has 0 amide bonds. The van der Waals surface area contributed by atoms with Crippen molar-refractivity contribution in [1.82, 2.24) is 10.3 Å². The third-order valence-electron chi connectivity index (χ3n) is 7.53. The van der Waals surface area contributed by atoms with Crippen LogP contribution in [-0.4, -0.2) is 4.98 Å². The number of dihydropyridines is 1. The minimum Gasteiger partial charge on any atom is -0.455 e. The fraction of sp³-hybridized carbons (Fsp3) is 0.0294. The van der Waals surface area contributed by atoms with E-state index < -0.39 is 0 Å². The van der Waals surface area contributed by atoms with Gasteiger partial charge in [-0.3, -0.25) is 0 Å². The lowest BCUT2D eigenvalue weighted by molar-refractivity contribution is 0.672. The molecule has 2 aliphatic rings. The monoisotopic (exact) mass is 474 g/mol. The molecule has 1 atom stereocenters. The third-order valence-corrected chi connectivity index (χ3v) is 7.53. The van der Waals surface area contributed by atoms with Crippen LogP contribution in [0.4, 0.5) is 0 Å². The summed E-state index contributed by atoms with van der Waals surface area (Å²) in [6, 6.07) is 32.1. The number of fused-ring (bicyclic) bond motifs is 8. The van der Waals surface area contributed by atoms with E-state index >= 15 is 0 Å². The van der Waals surface area contributed by atoms with Crippen LogP contribution >= 0.6 is 0 Å². The summed E-state index contributed by atoms with van der Waals surface area (Å²) >= 11 is 0. The second-order valence-electron chi connectivity index (χ2n) is 9.66. The molecule has 0 saturated carbocycles. The first-order valence-corrected chi connectivity index (χ1v) is 12.6. The molecule has 1 N–H and O–H groups in total. The number of nitrogens with zero attached hydrogens (tertiary/aromatic N) is 1. The Morgan fingerprint density at radius 1 is 0.703 bits per heavy atom. The number of allylic oxidation sites excluding steroid dienone is 2. The normalized spacial score (nSPS) is 16.0. The minimum absolute atomic E-state index is 0.0723. The molecule has 1 aliphatic heterocycles. The van der Waals surface area contributed by atoms with E-state index in [4.69, 9.17) is 9.40 Å². The van der Waals surface area contributed by atoms with E-state index in [1.54, 1.807) is 0 Å². The van der Waals surface area contributed by atoms with Gasteiger partial charge in [0.05, 0.1) is 17.4 Å². The van der Waals surface area contributed by atoms with Crippen LogP contribution in [0.2, 0.25) is 0 Å². The predicted molar refractivity (Wildman–Crippen MR) is 152 cm³/mol. The molecule has 3 heterocycles. The molecular formula is C34H22N2O. The van der Waals surface area contributed by atoms with E-state index in [1.807, 2.05) is 18.3 Å². The molecule has 0 bridgehead atoms. The third kappa shape index (κ3) is 3.11. The highest BCUT2D eigenvalue weighted by molar-refractivity contribution is 6.19. The van der Waals surface area contributed by atoms with Gasteiger partial charge in [-0.25, -0.2) is 4.98 Å². The Morgan fingerprint density at radius 3 is 2.49 bits per heavy atom. The van der Waals surface area contributed by atoms with Crippen LogP contribution < -0.4 is 5.32 Å². The first-order valence-electron chi connectivity index (χ1n) is 12.6. The fourth-order valence-corrected chi connectivity index (χ4v) is 5.71. The number of pyridine rings is 1. The van der Waals surface area contributed by atoms with Gasteiger partial charge < -0.3 is 9.73 Å². The molecule has 4 aromatic carbocycles. The number of hydrogen-bond donors (Lipinski definition) is 1. The molecule has 1 unspecified atom stereocenters. The van der Waals surface area contributed by atoms with Crippen LogP contribution in [0.25, 0.3) is 61.2 Å². The number of furan rings is 1. The van der Waals surface area contributed by atoms with Crippen molar-refractivity contribution < 1.29 is 4.42 Å². The summed E-state index contributed by atoms with van der Waals surface area (Å²) in [6.07, 6.45) is 10.5. The Bertz CT molecular complexity index is 1960. The highest BCUT2D eigenvalue weighted by Gasteiger charge is 2.24. The summed E-state index contributed by atoms with van der Waals surface area (Å²) in [6.45, 7) is 0. The van der Waals surface area contributed by atoms with Gasteiger partial charge in [-0.05, 0) is 64.2 Å². The Kier molecular flexibility index (Phi) is 4.29. The fourth-order valence-electron chi connectivity index (χ4n) is 5.71. The van der Waals surface area contributed by atoms with Gasteiger partial charge in [-0.15, -0.1) is 0 Å². The lowest BCUT2D eigenvalue weighted by Crippen LogP contribution is -2.23. The second kappa shape index (κ2) is 7.81. The minimum atomic E-state index is 0.0723. The SMILES string of the molecule is C1=CNC2C(=C1)C=Cc1ccc(-c3cc4c5cc(-c6ccccc6)ccc5oc4c4ccccc34)nc12. The molecule has 0 fully saturated rings. The van der Waals surface area contributed by atoms with Gasteiger partial charge in [-0.2, -0.15) is 0 Å². The Balaban J connectivity index is 1.38. The molecule has 8 rings (SSSR count). The topological polar surface area (TPSA) is 38.1 Å². The van der Waals surface area contributed by atoms with Crippen LogP contribution in [-0.2, 0) is 0 Å². The van der Waals surface area contributed by atoms with Crippen LogP contribution in [0.5, 0.6) is 0 Å². The molecule has 2 aromatic heterocycles. The van der Waals surface area contributed by atoms with Gasteiger partial charge in [0.1, 0.15) is 11.2 Å². The van der Waals surface area contributed by atoms with Gasteiger partial charge in [-0.1, -0.05) is 85.0 Å². The summed E-state index contributed by atoms with van der Waals surface area (Å²) in [5.41, 5.74) is 9.72. The summed E-state index contributed by atoms with van der Waals surface area (Å²) in [5, 5.41) is 7.96. The summed E-state index contributed by atoms with van der Waals surface area (Å²) < 4.78 is 6.45. The highest BCUT2D eigenvalue weighted by atomic mass is 16.3. The van der Waals surface area contributed by atoms with Crippen molar-refractivity contribution in [3.05, 3.63) is 132 Å². The van der Waals surface area contributed by atoms with Crippen LogP contribution in [0.15, 0.2) is 125 Å². The summed E-state index contributed by atoms with van der Waals surface area (Å²) in [7, 11) is 0. The van der Waals surface area contributed by atoms with Crippen molar-refractivity contribution in [2.24, 2.45) is 0 Å². The van der Waals surface area contributed by atoms with Crippen molar-refractivity contribution >= 4 is 38.8 Å². The lowest BCUT2D eigenvalue weighted by atomic mass is 9.90. The molecule has 6 aromatic rings. The molecule has 174 valence electrons. The van der Waals surface area contributed by atoms with Crippen LogP contribution in [0, 0.1) is 0 Å². The van der Waals surface area contributed by atoms with Gasteiger partial charge >= 0.3 is 0 Å². The summed E-state index contributed by atoms with van der Waals surface area (Å²) in [5.74, 6) is 0. The number of aromatic nitrogens is 1. The Morgan fingerprint density at radius 2 is 1.57 bits per heavy atom. The molecule has 3 nitrogen and oxygen atoms in total. The maximum absolute atomic E-state index is 6.45. The van der Waals surface area contributed by atoms with Gasteiger partial charge in [0.25, 0.3) is 0 Å². The van der Waals surface area contributed by atoms with E-state index in [1.165, 1.54) is 16.7 Å². The van der Waals surface area contributed by atoms with Gasteiger partial charge in [0, 0.05) is 21.7 Å².